The number of nitrogens with two attached hydrogens (primary N) is 1. The smallest absolute Gasteiger partial charge is 0.316 e. The summed E-state index contributed by atoms with van der Waals surface area (Å²) in [6.07, 6.45) is -5.33. The molecule has 0 radical (unpaired) electrons. The van der Waals surface area contributed by atoms with Gasteiger partial charge in [-0.25, -0.2) is 22.0 Å². The van der Waals surface area contributed by atoms with Gasteiger partial charge in [0.15, 0.2) is 23.3 Å². The Kier molecular flexibility index (Phi) is 4.95. The first kappa shape index (κ1) is 16.9. The summed E-state index contributed by atoms with van der Waals surface area (Å²) >= 11 is 0. The van der Waals surface area contributed by atoms with E-state index in [4.69, 9.17) is 0 Å². The van der Waals surface area contributed by atoms with Gasteiger partial charge < -0.3 is 5.73 Å². The van der Waals surface area contributed by atoms with Gasteiger partial charge in [0.05, 0.1) is 5.56 Å². The fraction of sp³-hybridized carbons (Fsp3) is 0.250. The summed E-state index contributed by atoms with van der Waals surface area (Å²) in [5.74, 6) is -12.7. The van der Waals surface area contributed by atoms with Crippen molar-refractivity contribution in [3.8, 4) is 0 Å². The van der Waals surface area contributed by atoms with Crippen LogP contribution in [0, 0.1) is 29.1 Å². The molecule has 1 rings (SSSR count). The second-order valence-corrected chi connectivity index (χ2v) is 3.00. The van der Waals surface area contributed by atoms with Crippen molar-refractivity contribution in [1.29, 1.82) is 0 Å². The molecule has 0 saturated carbocycles. The predicted octanol–water partition coefficient (Wildman–Crippen LogP) is 3.37. The number of halogens is 9. The molecule has 0 aliphatic heterocycles. The first-order chi connectivity index (χ1) is 7.59. The van der Waals surface area contributed by atoms with Crippen LogP contribution in [0.2, 0.25) is 0 Å². The predicted molar refractivity (Wildman–Crippen MR) is 46.5 cm³/mol. The van der Waals surface area contributed by atoms with E-state index in [2.05, 4.69) is 5.73 Å². The van der Waals surface area contributed by atoms with Gasteiger partial charge in [-0.2, -0.15) is 13.2 Å². The van der Waals surface area contributed by atoms with E-state index in [1.807, 2.05) is 0 Å². The van der Waals surface area contributed by atoms with Crippen molar-refractivity contribution in [2.45, 2.75) is 12.2 Å². The van der Waals surface area contributed by atoms with Crippen molar-refractivity contribution in [3.05, 3.63) is 34.6 Å². The van der Waals surface area contributed by atoms with E-state index in [9.17, 15) is 35.1 Å². The molecule has 0 spiro atoms. The molecule has 2 N–H and O–H groups in total. The Bertz CT molecular complexity index is 428. The molecule has 0 aliphatic rings. The lowest BCUT2D eigenvalue weighted by Crippen LogP contribution is -2.31. The second-order valence-electron chi connectivity index (χ2n) is 3.00. The summed E-state index contributed by atoms with van der Waals surface area (Å²) in [4.78, 5) is 0. The normalized spacial score (nSPS) is 13.2. The summed E-state index contributed by atoms with van der Waals surface area (Å²) in [7, 11) is 0. The molecule has 0 bridgehead atoms. The quantitative estimate of drug-likeness (QED) is 0.480. The van der Waals surface area contributed by atoms with Crippen LogP contribution in [0.3, 0.4) is 0 Å². The second kappa shape index (κ2) is 5.27. The maximum absolute atomic E-state index is 12.9. The Labute approximate surface area is 101 Å². The topological polar surface area (TPSA) is 26.0 Å². The number of benzene rings is 1. The lowest BCUT2D eigenvalue weighted by atomic mass is 10.0. The summed E-state index contributed by atoms with van der Waals surface area (Å²) < 4.78 is 99.6. The molecule has 0 saturated heterocycles. The minimum atomic E-state index is -5.33. The van der Waals surface area contributed by atoms with Crippen LogP contribution in [0.1, 0.15) is 11.6 Å². The summed E-state index contributed by atoms with van der Waals surface area (Å²) in [6.45, 7) is 0. The van der Waals surface area contributed by atoms with Crippen LogP contribution in [-0.4, -0.2) is 6.18 Å². The molecule has 1 aromatic carbocycles. The standard InChI is InChI=1S/C8H3F8N.ClH/c9-2-1(7(17)8(14,15)16)3(10)5(12)6(13)4(2)11;/h7H,17H2;1H/t7-;/m1./s1. The molecule has 0 aliphatic carbocycles. The fourth-order valence-corrected chi connectivity index (χ4v) is 1.06. The summed E-state index contributed by atoms with van der Waals surface area (Å²) in [5, 5.41) is 0. The molecule has 0 amide bonds. The zero-order chi connectivity index (χ0) is 13.5. The highest BCUT2D eigenvalue weighted by atomic mass is 35.5. The molecular weight excluding hydrogens is 298 g/mol. The van der Waals surface area contributed by atoms with Crippen LogP contribution < -0.4 is 5.73 Å². The highest BCUT2D eigenvalue weighted by Gasteiger charge is 2.43. The SMILES string of the molecule is Cl.N[C@H](c1c(F)c(F)c(F)c(F)c1F)C(F)(F)F. The van der Waals surface area contributed by atoms with Crippen molar-refractivity contribution in [2.24, 2.45) is 5.73 Å². The van der Waals surface area contributed by atoms with Crippen molar-refractivity contribution in [1.82, 2.24) is 0 Å². The Morgan fingerprint density at radius 3 is 1.28 bits per heavy atom. The van der Waals surface area contributed by atoms with Crippen LogP contribution in [0.25, 0.3) is 0 Å². The zero-order valence-electron chi connectivity index (χ0n) is 8.09. The van der Waals surface area contributed by atoms with E-state index in [0.29, 0.717) is 0 Å². The maximum Gasteiger partial charge on any atom is 0.407 e. The minimum Gasteiger partial charge on any atom is -0.316 e. The van der Waals surface area contributed by atoms with Gasteiger partial charge in [-0.1, -0.05) is 0 Å². The molecule has 1 aromatic rings. The Morgan fingerprint density at radius 1 is 0.722 bits per heavy atom. The Balaban J connectivity index is 0.00000289. The van der Waals surface area contributed by atoms with Gasteiger partial charge in [0.1, 0.15) is 6.04 Å². The van der Waals surface area contributed by atoms with Gasteiger partial charge in [0.25, 0.3) is 0 Å². The number of hydrogen-bond acceptors (Lipinski definition) is 1. The molecule has 0 unspecified atom stereocenters. The Hall–Kier alpha value is -1.09. The lowest BCUT2D eigenvalue weighted by Gasteiger charge is -2.17. The van der Waals surface area contributed by atoms with Crippen LogP contribution in [0.4, 0.5) is 35.1 Å². The minimum absolute atomic E-state index is 0. The number of hydrogen-bond donors (Lipinski definition) is 1. The van der Waals surface area contributed by atoms with E-state index < -0.39 is 46.9 Å². The monoisotopic (exact) mass is 301 g/mol. The van der Waals surface area contributed by atoms with E-state index in [0.717, 1.165) is 0 Å². The van der Waals surface area contributed by atoms with E-state index in [1.165, 1.54) is 0 Å². The van der Waals surface area contributed by atoms with Crippen molar-refractivity contribution in [3.63, 3.8) is 0 Å². The lowest BCUT2D eigenvalue weighted by molar-refractivity contribution is -0.150. The molecule has 104 valence electrons. The number of alkyl halides is 3. The highest BCUT2D eigenvalue weighted by molar-refractivity contribution is 5.85. The van der Waals surface area contributed by atoms with Gasteiger partial charge in [-0.15, -0.1) is 12.4 Å². The molecule has 1 atom stereocenters. The van der Waals surface area contributed by atoms with Crippen molar-refractivity contribution < 1.29 is 35.1 Å². The summed E-state index contributed by atoms with van der Waals surface area (Å²) in [6, 6.07) is -3.30. The molecule has 0 heterocycles. The van der Waals surface area contributed by atoms with Crippen molar-refractivity contribution in [2.75, 3.05) is 0 Å². The van der Waals surface area contributed by atoms with Gasteiger partial charge >= 0.3 is 6.18 Å². The zero-order valence-corrected chi connectivity index (χ0v) is 8.90. The third kappa shape index (κ3) is 2.66. The van der Waals surface area contributed by atoms with Gasteiger partial charge in [0.2, 0.25) is 5.82 Å². The van der Waals surface area contributed by atoms with E-state index >= 15 is 0 Å². The molecule has 1 nitrogen and oxygen atoms in total. The molecule has 0 fully saturated rings. The molecule has 0 aromatic heterocycles. The van der Waals surface area contributed by atoms with Gasteiger partial charge in [0, 0.05) is 0 Å². The molecular formula is C8H4ClF8N. The van der Waals surface area contributed by atoms with Crippen LogP contribution in [0.5, 0.6) is 0 Å². The van der Waals surface area contributed by atoms with Crippen LogP contribution >= 0.6 is 12.4 Å². The first-order valence-corrected chi connectivity index (χ1v) is 3.92. The van der Waals surface area contributed by atoms with Crippen LogP contribution in [0.15, 0.2) is 0 Å². The third-order valence-corrected chi connectivity index (χ3v) is 1.91. The third-order valence-electron chi connectivity index (χ3n) is 1.91. The maximum atomic E-state index is 12.9. The largest absolute Gasteiger partial charge is 0.407 e. The summed E-state index contributed by atoms with van der Waals surface area (Å²) in [5.41, 5.74) is 2.30. The average Bonchev–Trinajstić information content (AvgIpc) is 2.22. The fourth-order valence-electron chi connectivity index (χ4n) is 1.06. The van der Waals surface area contributed by atoms with Crippen molar-refractivity contribution >= 4 is 12.4 Å². The first-order valence-electron chi connectivity index (χ1n) is 3.92. The number of rotatable bonds is 1. The van der Waals surface area contributed by atoms with E-state index in [1.54, 1.807) is 0 Å². The molecule has 10 heteroatoms. The highest BCUT2D eigenvalue weighted by Crippen LogP contribution is 2.35. The molecule has 18 heavy (non-hydrogen) atoms. The van der Waals surface area contributed by atoms with Crippen LogP contribution in [-0.2, 0) is 0 Å². The average molecular weight is 302 g/mol. The van der Waals surface area contributed by atoms with E-state index in [-0.39, 0.29) is 12.4 Å². The van der Waals surface area contributed by atoms with Gasteiger partial charge in [-0.3, -0.25) is 0 Å². The Morgan fingerprint density at radius 2 is 1.00 bits per heavy atom. The van der Waals surface area contributed by atoms with Gasteiger partial charge in [-0.05, 0) is 0 Å².